The van der Waals surface area contributed by atoms with E-state index < -0.39 is 12.3 Å². The first-order valence-corrected chi connectivity index (χ1v) is 8.62. The summed E-state index contributed by atoms with van der Waals surface area (Å²) in [5, 5.41) is 12.4. The highest BCUT2D eigenvalue weighted by molar-refractivity contribution is 5.91. The molecule has 3 heterocycles. The molecule has 0 saturated heterocycles. The number of nitrogens with zero attached hydrogens (tertiary/aromatic N) is 2. The predicted molar refractivity (Wildman–Crippen MR) is 98.9 cm³/mol. The lowest BCUT2D eigenvalue weighted by Gasteiger charge is -2.31. The van der Waals surface area contributed by atoms with Crippen molar-refractivity contribution in [2.24, 2.45) is 0 Å². The lowest BCUT2D eigenvalue weighted by molar-refractivity contribution is -0.0743. The van der Waals surface area contributed by atoms with Crippen LogP contribution in [-0.2, 0) is 4.74 Å². The van der Waals surface area contributed by atoms with Crippen LogP contribution in [0.2, 0.25) is 0 Å². The number of aromatic amines is 1. The summed E-state index contributed by atoms with van der Waals surface area (Å²) in [6.45, 7) is 2.30. The summed E-state index contributed by atoms with van der Waals surface area (Å²) in [6, 6.07) is 15.0. The van der Waals surface area contributed by atoms with Gasteiger partial charge in [0.15, 0.2) is 12.1 Å². The van der Waals surface area contributed by atoms with E-state index in [1.165, 1.54) is 4.57 Å². The summed E-state index contributed by atoms with van der Waals surface area (Å²) in [5.41, 5.74) is 2.82. The zero-order valence-corrected chi connectivity index (χ0v) is 14.1. The van der Waals surface area contributed by atoms with Gasteiger partial charge in [-0.2, -0.15) is 0 Å². The second-order valence-corrected chi connectivity index (χ2v) is 6.38. The largest absolute Gasteiger partial charge is 0.370 e. The number of rotatable bonds is 2. The molecule has 26 heavy (non-hydrogen) atoms. The molecule has 2 N–H and O–H groups in total. The minimum atomic E-state index is -1.14. The fourth-order valence-electron chi connectivity index (χ4n) is 3.84. The number of aromatic nitrogens is 3. The van der Waals surface area contributed by atoms with Gasteiger partial charge < -0.3 is 14.8 Å². The van der Waals surface area contributed by atoms with E-state index in [4.69, 9.17) is 4.74 Å². The Morgan fingerprint density at radius 2 is 1.88 bits per heavy atom. The van der Waals surface area contributed by atoms with E-state index >= 15 is 0 Å². The number of hydrogen-bond acceptors (Lipinski definition) is 4. The number of hydrogen-bond donors (Lipinski definition) is 2. The molecule has 0 aliphatic carbocycles. The Hall–Kier alpha value is -2.96. The van der Waals surface area contributed by atoms with Crippen LogP contribution in [0, 0.1) is 0 Å². The van der Waals surface area contributed by atoms with Gasteiger partial charge in [-0.3, -0.25) is 9.36 Å². The molecule has 0 radical (unpaired) electrons. The van der Waals surface area contributed by atoms with Crippen molar-refractivity contribution in [1.29, 1.82) is 0 Å². The zero-order chi connectivity index (χ0) is 17.8. The summed E-state index contributed by atoms with van der Waals surface area (Å²) < 4.78 is 7.19. The van der Waals surface area contributed by atoms with Gasteiger partial charge >= 0.3 is 0 Å². The van der Waals surface area contributed by atoms with E-state index in [1.54, 1.807) is 18.2 Å². The first-order chi connectivity index (χ1) is 12.7. The van der Waals surface area contributed by atoms with Gasteiger partial charge in [-0.1, -0.05) is 30.3 Å². The molecule has 0 unspecified atom stereocenters. The quantitative estimate of drug-likeness (QED) is 0.584. The molecule has 0 bridgehead atoms. The maximum Gasteiger partial charge on any atom is 0.263 e. The molecule has 2 atom stereocenters. The summed E-state index contributed by atoms with van der Waals surface area (Å²) in [4.78, 5) is 21.1. The Bertz CT molecular complexity index is 1210. The number of aliphatic hydroxyl groups is 1. The Balaban J connectivity index is 1.93. The van der Waals surface area contributed by atoms with Crippen molar-refractivity contribution < 1.29 is 9.84 Å². The number of H-pyrrole nitrogens is 1. The molecule has 0 amide bonds. The molecule has 6 heteroatoms. The number of aliphatic hydroxyl groups excluding tert-OH is 1. The lowest BCUT2D eigenvalue weighted by Crippen LogP contribution is -2.35. The van der Waals surface area contributed by atoms with Crippen molar-refractivity contribution in [2.75, 3.05) is 6.61 Å². The third-order valence-corrected chi connectivity index (χ3v) is 4.94. The number of benzene rings is 2. The van der Waals surface area contributed by atoms with Gasteiger partial charge in [0.05, 0.1) is 16.6 Å². The van der Waals surface area contributed by atoms with Gasteiger partial charge in [0.2, 0.25) is 0 Å². The Labute approximate surface area is 148 Å². The monoisotopic (exact) mass is 347 g/mol. The van der Waals surface area contributed by atoms with Crippen LogP contribution >= 0.6 is 0 Å². The predicted octanol–water partition coefficient (Wildman–Crippen LogP) is 3.13. The molecule has 130 valence electrons. The molecule has 4 aromatic rings. The number of nitrogens with one attached hydrogen (secondary N) is 1. The highest BCUT2D eigenvalue weighted by Gasteiger charge is 2.37. The number of ether oxygens (including phenoxy) is 1. The maximum atomic E-state index is 13.1. The van der Waals surface area contributed by atoms with Crippen LogP contribution in [0.5, 0.6) is 0 Å². The van der Waals surface area contributed by atoms with Crippen LogP contribution < -0.4 is 5.56 Å². The van der Waals surface area contributed by atoms with Crippen LogP contribution in [0.25, 0.3) is 33.3 Å². The van der Waals surface area contributed by atoms with Crippen molar-refractivity contribution in [2.45, 2.75) is 19.3 Å². The van der Waals surface area contributed by atoms with E-state index in [0.717, 1.165) is 22.2 Å². The smallest absolute Gasteiger partial charge is 0.263 e. The van der Waals surface area contributed by atoms with Crippen molar-refractivity contribution in [3.63, 3.8) is 0 Å². The lowest BCUT2D eigenvalue weighted by atomic mass is 9.99. The Morgan fingerprint density at radius 3 is 2.69 bits per heavy atom. The van der Waals surface area contributed by atoms with Crippen molar-refractivity contribution in [1.82, 2.24) is 14.5 Å². The third kappa shape index (κ3) is 1.94. The summed E-state index contributed by atoms with van der Waals surface area (Å²) >= 11 is 0. The second-order valence-electron chi connectivity index (χ2n) is 6.38. The van der Waals surface area contributed by atoms with Crippen molar-refractivity contribution in [3.8, 4) is 11.5 Å². The second kappa shape index (κ2) is 5.52. The molecule has 2 aromatic heterocycles. The van der Waals surface area contributed by atoms with Gasteiger partial charge in [0, 0.05) is 23.1 Å². The molecule has 0 fully saturated rings. The zero-order valence-electron chi connectivity index (χ0n) is 14.1. The van der Waals surface area contributed by atoms with Crippen LogP contribution in [0.4, 0.5) is 0 Å². The first kappa shape index (κ1) is 15.3. The summed E-state index contributed by atoms with van der Waals surface area (Å²) in [5.74, 6) is 0.434. The fourth-order valence-corrected chi connectivity index (χ4v) is 3.84. The molecule has 0 spiro atoms. The van der Waals surface area contributed by atoms with Crippen molar-refractivity contribution in [3.05, 3.63) is 64.4 Å². The van der Waals surface area contributed by atoms with E-state index in [-0.39, 0.29) is 5.56 Å². The first-order valence-electron chi connectivity index (χ1n) is 8.62. The van der Waals surface area contributed by atoms with Crippen molar-refractivity contribution >= 4 is 21.8 Å². The minimum absolute atomic E-state index is 0.271. The summed E-state index contributed by atoms with van der Waals surface area (Å²) in [7, 11) is 0. The Kier molecular flexibility index (Phi) is 3.25. The molecule has 6 nitrogen and oxygen atoms in total. The average molecular weight is 347 g/mol. The molecular formula is C20H17N3O3. The molecule has 0 saturated carbocycles. The standard InChI is InChI=1S/C20H17N3O3/c1-2-26-17-15-11-7-3-5-9-13(11)21-16(15)18-22-14-10-6-4-8-12(14)19(24)23(18)20(17)25/h3-10,17,20-21,25H,2H2,1H3/t17-,20+/m0/s1. The van der Waals surface area contributed by atoms with E-state index in [2.05, 4.69) is 9.97 Å². The normalized spacial score (nSPS) is 18.8. The van der Waals surface area contributed by atoms with Crippen LogP contribution in [0.1, 0.15) is 24.8 Å². The number of para-hydroxylation sites is 2. The van der Waals surface area contributed by atoms with Gasteiger partial charge in [0.1, 0.15) is 6.10 Å². The topological polar surface area (TPSA) is 80.1 Å². The fraction of sp³-hybridized carbons (Fsp3) is 0.200. The molecule has 1 aliphatic rings. The van der Waals surface area contributed by atoms with Gasteiger partial charge in [0.25, 0.3) is 5.56 Å². The average Bonchev–Trinajstić information content (AvgIpc) is 3.05. The van der Waals surface area contributed by atoms with Gasteiger partial charge in [-0.05, 0) is 25.1 Å². The molecule has 1 aliphatic heterocycles. The maximum absolute atomic E-state index is 13.1. The Morgan fingerprint density at radius 1 is 1.15 bits per heavy atom. The van der Waals surface area contributed by atoms with E-state index in [1.807, 2.05) is 37.3 Å². The van der Waals surface area contributed by atoms with Crippen LogP contribution in [0.15, 0.2) is 53.3 Å². The van der Waals surface area contributed by atoms with Crippen LogP contribution in [0.3, 0.4) is 0 Å². The highest BCUT2D eigenvalue weighted by atomic mass is 16.5. The summed E-state index contributed by atoms with van der Waals surface area (Å²) in [6.07, 6.45) is -1.78. The SMILES string of the molecule is CCO[C@H]1c2c([nH]c3ccccc23)-c2nc3ccccc3c(=O)n2[C@@H]1O. The highest BCUT2D eigenvalue weighted by Crippen LogP contribution is 2.44. The van der Waals surface area contributed by atoms with Crippen LogP contribution in [-0.4, -0.2) is 26.2 Å². The van der Waals surface area contributed by atoms with E-state index in [9.17, 15) is 9.90 Å². The third-order valence-electron chi connectivity index (χ3n) is 4.94. The van der Waals surface area contributed by atoms with E-state index in [0.29, 0.717) is 23.3 Å². The molecule has 2 aromatic carbocycles. The molecular weight excluding hydrogens is 330 g/mol. The molecule has 5 rings (SSSR count). The minimum Gasteiger partial charge on any atom is -0.370 e. The number of fused-ring (bicyclic) bond motifs is 6. The van der Waals surface area contributed by atoms with Gasteiger partial charge in [-0.25, -0.2) is 4.98 Å². The van der Waals surface area contributed by atoms with Gasteiger partial charge in [-0.15, -0.1) is 0 Å².